The molecule has 0 bridgehead atoms. The molecule has 102 valence electrons. The van der Waals surface area contributed by atoms with Crippen molar-refractivity contribution in [3.05, 3.63) is 0 Å². The minimum atomic E-state index is -0.719. The number of amides is 2. The van der Waals surface area contributed by atoms with Gasteiger partial charge in [0.2, 0.25) is 11.8 Å². The van der Waals surface area contributed by atoms with Gasteiger partial charge >= 0.3 is 0 Å². The lowest BCUT2D eigenvalue weighted by Crippen LogP contribution is -2.69. The summed E-state index contributed by atoms with van der Waals surface area (Å²) in [5.74, 6) is 0.0482. The minimum Gasteiger partial charge on any atom is -0.340 e. The Balaban J connectivity index is 2.20. The zero-order valence-corrected chi connectivity index (χ0v) is 11.9. The van der Waals surface area contributed by atoms with Gasteiger partial charge in [-0.05, 0) is 38.5 Å². The quantitative estimate of drug-likeness (QED) is 0.831. The van der Waals surface area contributed by atoms with Crippen molar-refractivity contribution in [3.63, 3.8) is 0 Å². The number of nitrogens with zero attached hydrogens (tertiary/aromatic N) is 1. The molecule has 1 saturated heterocycles. The first-order valence-electron chi connectivity index (χ1n) is 6.94. The van der Waals surface area contributed by atoms with Crippen molar-refractivity contribution < 1.29 is 9.59 Å². The van der Waals surface area contributed by atoms with Crippen LogP contribution in [0.15, 0.2) is 0 Å². The van der Waals surface area contributed by atoms with Crippen LogP contribution < -0.4 is 5.32 Å². The van der Waals surface area contributed by atoms with Gasteiger partial charge in [-0.15, -0.1) is 0 Å². The summed E-state index contributed by atoms with van der Waals surface area (Å²) in [4.78, 5) is 26.4. The monoisotopic (exact) mass is 252 g/mol. The van der Waals surface area contributed by atoms with Crippen molar-refractivity contribution in [3.8, 4) is 0 Å². The van der Waals surface area contributed by atoms with E-state index in [-0.39, 0.29) is 23.3 Å². The molecule has 4 nitrogen and oxygen atoms in total. The molecular formula is C14H24N2O2. The fourth-order valence-electron chi connectivity index (χ4n) is 2.86. The molecule has 2 amide bonds. The minimum absolute atomic E-state index is 0.0260. The molecule has 0 aromatic rings. The van der Waals surface area contributed by atoms with Gasteiger partial charge in [-0.3, -0.25) is 9.59 Å². The molecular weight excluding hydrogens is 228 g/mol. The highest BCUT2D eigenvalue weighted by atomic mass is 16.2. The van der Waals surface area contributed by atoms with E-state index in [9.17, 15) is 9.59 Å². The van der Waals surface area contributed by atoms with Crippen molar-refractivity contribution in [2.75, 3.05) is 6.54 Å². The molecule has 0 aromatic heterocycles. The third-order valence-electron chi connectivity index (χ3n) is 4.80. The Morgan fingerprint density at radius 3 is 2.39 bits per heavy atom. The first kappa shape index (κ1) is 13.4. The second-order valence-electron chi connectivity index (χ2n) is 6.45. The largest absolute Gasteiger partial charge is 0.340 e. The SMILES string of the molecule is CCC1(C)NC(=O)C(C)N(CC2(C)CCC2)C1=O. The molecule has 1 saturated carbocycles. The van der Waals surface area contributed by atoms with Crippen LogP contribution in [0.25, 0.3) is 0 Å². The fraction of sp³-hybridized carbons (Fsp3) is 0.857. The molecule has 0 radical (unpaired) electrons. The van der Waals surface area contributed by atoms with Crippen molar-refractivity contribution in [1.29, 1.82) is 0 Å². The second kappa shape index (κ2) is 4.25. The molecule has 0 aromatic carbocycles. The van der Waals surface area contributed by atoms with Gasteiger partial charge in [-0.25, -0.2) is 0 Å². The third-order valence-corrected chi connectivity index (χ3v) is 4.80. The van der Waals surface area contributed by atoms with E-state index in [0.29, 0.717) is 6.42 Å². The van der Waals surface area contributed by atoms with E-state index in [1.54, 1.807) is 4.90 Å². The Labute approximate surface area is 109 Å². The van der Waals surface area contributed by atoms with E-state index in [1.807, 2.05) is 20.8 Å². The molecule has 2 rings (SSSR count). The number of hydrogen-bond acceptors (Lipinski definition) is 2. The van der Waals surface area contributed by atoms with E-state index in [2.05, 4.69) is 12.2 Å². The molecule has 2 aliphatic rings. The van der Waals surface area contributed by atoms with Crippen LogP contribution in [0, 0.1) is 5.41 Å². The maximum absolute atomic E-state index is 12.6. The molecule has 2 fully saturated rings. The summed E-state index contributed by atoms with van der Waals surface area (Å²) < 4.78 is 0. The molecule has 1 aliphatic carbocycles. The normalized spacial score (nSPS) is 35.1. The predicted octanol–water partition coefficient (Wildman–Crippen LogP) is 1.69. The highest BCUT2D eigenvalue weighted by Gasteiger charge is 2.47. The predicted molar refractivity (Wildman–Crippen MR) is 70.0 cm³/mol. The van der Waals surface area contributed by atoms with Crippen LogP contribution in [0.2, 0.25) is 0 Å². The van der Waals surface area contributed by atoms with Crippen molar-refractivity contribution in [1.82, 2.24) is 10.2 Å². The van der Waals surface area contributed by atoms with Crippen LogP contribution >= 0.6 is 0 Å². The zero-order valence-electron chi connectivity index (χ0n) is 11.9. The molecule has 2 unspecified atom stereocenters. The van der Waals surface area contributed by atoms with Crippen LogP contribution in [0.5, 0.6) is 0 Å². The van der Waals surface area contributed by atoms with Crippen LogP contribution in [0.3, 0.4) is 0 Å². The fourth-order valence-corrected chi connectivity index (χ4v) is 2.86. The maximum Gasteiger partial charge on any atom is 0.248 e. The number of carbonyl (C=O) groups excluding carboxylic acids is 2. The second-order valence-corrected chi connectivity index (χ2v) is 6.45. The summed E-state index contributed by atoms with van der Waals surface area (Å²) in [5.41, 5.74) is -0.500. The number of piperazine rings is 1. The molecule has 1 N–H and O–H groups in total. The maximum atomic E-state index is 12.6. The summed E-state index contributed by atoms with van der Waals surface area (Å²) in [6, 6.07) is -0.338. The first-order chi connectivity index (χ1) is 8.31. The van der Waals surface area contributed by atoms with Crippen LogP contribution in [-0.4, -0.2) is 34.8 Å². The van der Waals surface area contributed by atoms with E-state index < -0.39 is 5.54 Å². The smallest absolute Gasteiger partial charge is 0.248 e. The van der Waals surface area contributed by atoms with Crippen molar-refractivity contribution in [2.24, 2.45) is 5.41 Å². The Morgan fingerprint density at radius 1 is 1.33 bits per heavy atom. The van der Waals surface area contributed by atoms with Gasteiger partial charge < -0.3 is 10.2 Å². The van der Waals surface area contributed by atoms with Gasteiger partial charge in [0.25, 0.3) is 0 Å². The van der Waals surface area contributed by atoms with Crippen LogP contribution in [-0.2, 0) is 9.59 Å². The van der Waals surface area contributed by atoms with Gasteiger partial charge in [-0.1, -0.05) is 20.3 Å². The lowest BCUT2D eigenvalue weighted by atomic mass is 9.69. The third kappa shape index (κ3) is 2.02. The number of rotatable bonds is 3. The highest BCUT2D eigenvalue weighted by Crippen LogP contribution is 2.42. The molecule has 18 heavy (non-hydrogen) atoms. The average Bonchev–Trinajstić information content (AvgIpc) is 2.30. The van der Waals surface area contributed by atoms with Crippen LogP contribution in [0.4, 0.5) is 0 Å². The van der Waals surface area contributed by atoms with Gasteiger partial charge in [0.05, 0.1) is 0 Å². The molecule has 0 spiro atoms. The lowest BCUT2D eigenvalue weighted by Gasteiger charge is -2.49. The number of hydrogen-bond donors (Lipinski definition) is 1. The Morgan fingerprint density at radius 2 is 1.94 bits per heavy atom. The topological polar surface area (TPSA) is 49.4 Å². The first-order valence-corrected chi connectivity index (χ1v) is 6.94. The Hall–Kier alpha value is -1.06. The Kier molecular flexibility index (Phi) is 3.16. The molecule has 2 atom stereocenters. The zero-order chi connectivity index (χ0) is 13.6. The standard InChI is InChI=1S/C14H24N2O2/c1-5-14(4)12(18)16(10(2)11(17)15-14)9-13(3)7-6-8-13/h10H,5-9H2,1-4H3,(H,15,17). The molecule has 1 heterocycles. The van der Waals surface area contributed by atoms with Gasteiger partial charge in [0.1, 0.15) is 11.6 Å². The summed E-state index contributed by atoms with van der Waals surface area (Å²) in [6.45, 7) is 8.53. The van der Waals surface area contributed by atoms with Crippen molar-refractivity contribution >= 4 is 11.8 Å². The van der Waals surface area contributed by atoms with E-state index in [1.165, 1.54) is 6.42 Å². The Bertz CT molecular complexity index is 376. The van der Waals surface area contributed by atoms with Crippen LogP contribution in [0.1, 0.15) is 53.4 Å². The average molecular weight is 252 g/mol. The van der Waals surface area contributed by atoms with Crippen molar-refractivity contribution in [2.45, 2.75) is 65.0 Å². The van der Waals surface area contributed by atoms with E-state index in [0.717, 1.165) is 19.4 Å². The summed E-state index contributed by atoms with van der Waals surface area (Å²) >= 11 is 0. The van der Waals surface area contributed by atoms with E-state index >= 15 is 0 Å². The summed E-state index contributed by atoms with van der Waals surface area (Å²) in [5, 5.41) is 2.86. The summed E-state index contributed by atoms with van der Waals surface area (Å²) in [6.07, 6.45) is 4.20. The molecule has 4 heteroatoms. The van der Waals surface area contributed by atoms with E-state index in [4.69, 9.17) is 0 Å². The highest BCUT2D eigenvalue weighted by molar-refractivity contribution is 5.99. The summed E-state index contributed by atoms with van der Waals surface area (Å²) in [7, 11) is 0. The van der Waals surface area contributed by atoms with Gasteiger partial charge in [0, 0.05) is 6.54 Å². The van der Waals surface area contributed by atoms with Gasteiger partial charge in [0.15, 0.2) is 0 Å². The molecule has 1 aliphatic heterocycles. The lowest BCUT2D eigenvalue weighted by molar-refractivity contribution is -0.156. The van der Waals surface area contributed by atoms with Gasteiger partial charge in [-0.2, -0.15) is 0 Å². The number of carbonyl (C=O) groups is 2. The number of nitrogens with one attached hydrogen (secondary N) is 1.